The second-order valence-electron chi connectivity index (χ2n) is 6.75. The van der Waals surface area contributed by atoms with Crippen molar-refractivity contribution in [1.82, 2.24) is 15.1 Å². The molecule has 2 N–H and O–H groups in total. The van der Waals surface area contributed by atoms with Gasteiger partial charge in [-0.25, -0.2) is 4.68 Å². The molecular formula is C23H24N4O2. The van der Waals surface area contributed by atoms with Crippen LogP contribution in [0, 0.1) is 13.8 Å². The Morgan fingerprint density at radius 2 is 1.72 bits per heavy atom. The zero-order chi connectivity index (χ0) is 20.8. The molecule has 0 unspecified atom stereocenters. The number of anilines is 1. The van der Waals surface area contributed by atoms with Crippen molar-refractivity contribution in [2.24, 2.45) is 0 Å². The van der Waals surface area contributed by atoms with E-state index < -0.39 is 0 Å². The lowest BCUT2D eigenvalue weighted by molar-refractivity contribution is -0.116. The highest BCUT2D eigenvalue weighted by Gasteiger charge is 2.13. The molecule has 2 aromatic carbocycles. The Bertz CT molecular complexity index is 1030. The van der Waals surface area contributed by atoms with E-state index in [0.717, 1.165) is 33.9 Å². The van der Waals surface area contributed by atoms with E-state index in [2.05, 4.69) is 15.7 Å². The number of aryl methyl sites for hydroxylation is 1. The van der Waals surface area contributed by atoms with E-state index in [1.54, 1.807) is 18.2 Å². The molecular weight excluding hydrogens is 364 g/mol. The predicted octanol–water partition coefficient (Wildman–Crippen LogP) is 3.78. The lowest BCUT2D eigenvalue weighted by Crippen LogP contribution is -2.21. The molecule has 6 nitrogen and oxygen atoms in total. The number of rotatable bonds is 6. The Balaban J connectivity index is 1.61. The summed E-state index contributed by atoms with van der Waals surface area (Å²) in [7, 11) is 0. The van der Waals surface area contributed by atoms with Gasteiger partial charge in [0.25, 0.3) is 0 Å². The van der Waals surface area contributed by atoms with Crippen molar-refractivity contribution in [3.05, 3.63) is 83.2 Å². The highest BCUT2D eigenvalue weighted by molar-refractivity contribution is 5.92. The van der Waals surface area contributed by atoms with Gasteiger partial charge in [-0.1, -0.05) is 30.3 Å². The first-order valence-electron chi connectivity index (χ1n) is 9.38. The number of benzene rings is 2. The third kappa shape index (κ3) is 5.19. The number of carbonyl (C=O) groups is 2. The predicted molar refractivity (Wildman–Crippen MR) is 115 cm³/mol. The van der Waals surface area contributed by atoms with E-state index >= 15 is 0 Å². The van der Waals surface area contributed by atoms with Gasteiger partial charge >= 0.3 is 0 Å². The van der Waals surface area contributed by atoms with Gasteiger partial charge in [0.15, 0.2) is 0 Å². The zero-order valence-corrected chi connectivity index (χ0v) is 16.8. The van der Waals surface area contributed by atoms with Gasteiger partial charge in [0.1, 0.15) is 0 Å². The van der Waals surface area contributed by atoms with Crippen LogP contribution in [0.5, 0.6) is 0 Å². The van der Waals surface area contributed by atoms with E-state index in [9.17, 15) is 9.59 Å². The van der Waals surface area contributed by atoms with Crippen LogP contribution < -0.4 is 10.6 Å². The Morgan fingerprint density at radius 1 is 1.03 bits per heavy atom. The topological polar surface area (TPSA) is 76.0 Å². The molecule has 0 radical (unpaired) electrons. The number of nitrogens with one attached hydrogen (secondary N) is 2. The van der Waals surface area contributed by atoms with Gasteiger partial charge in [-0.3, -0.25) is 9.59 Å². The second kappa shape index (κ2) is 9.01. The summed E-state index contributed by atoms with van der Waals surface area (Å²) in [6.07, 6.45) is 3.24. The van der Waals surface area contributed by atoms with Gasteiger partial charge in [-0.05, 0) is 49.8 Å². The normalized spacial score (nSPS) is 10.9. The first-order valence-corrected chi connectivity index (χ1v) is 9.38. The Kier molecular flexibility index (Phi) is 6.24. The molecule has 0 spiro atoms. The maximum absolute atomic E-state index is 12.2. The van der Waals surface area contributed by atoms with E-state index in [1.807, 2.05) is 61.0 Å². The van der Waals surface area contributed by atoms with Crippen molar-refractivity contribution in [3.8, 4) is 5.69 Å². The molecule has 0 saturated carbocycles. The molecule has 0 aliphatic carbocycles. The van der Waals surface area contributed by atoms with Gasteiger partial charge in [-0.15, -0.1) is 0 Å². The summed E-state index contributed by atoms with van der Waals surface area (Å²) in [6, 6.07) is 17.2. The van der Waals surface area contributed by atoms with E-state index in [-0.39, 0.29) is 11.8 Å². The Hall–Kier alpha value is -3.67. The standard InChI is InChI=1S/C23H24N4O2/c1-16-22(17(2)27(26-16)21-7-5-4-6-8-21)15-24-23(29)14-11-19-9-12-20(13-10-19)25-18(3)28/h4-14H,15H2,1-3H3,(H,24,29)(H,25,28)/b14-11+. The van der Waals surface area contributed by atoms with E-state index in [0.29, 0.717) is 6.54 Å². The number of hydrogen-bond acceptors (Lipinski definition) is 3. The van der Waals surface area contributed by atoms with Crippen molar-refractivity contribution in [2.75, 3.05) is 5.32 Å². The number of carbonyl (C=O) groups excluding carboxylic acids is 2. The van der Waals surface area contributed by atoms with Crippen molar-refractivity contribution in [2.45, 2.75) is 27.3 Å². The van der Waals surface area contributed by atoms with E-state index in [4.69, 9.17) is 0 Å². The van der Waals surface area contributed by atoms with Crippen molar-refractivity contribution in [3.63, 3.8) is 0 Å². The molecule has 2 amide bonds. The van der Waals surface area contributed by atoms with Crippen LogP contribution in [0.2, 0.25) is 0 Å². The van der Waals surface area contributed by atoms with Crippen molar-refractivity contribution >= 4 is 23.6 Å². The minimum absolute atomic E-state index is 0.117. The molecule has 1 heterocycles. The molecule has 1 aromatic heterocycles. The van der Waals surface area contributed by atoms with E-state index in [1.165, 1.54) is 13.0 Å². The minimum atomic E-state index is -0.179. The minimum Gasteiger partial charge on any atom is -0.348 e. The zero-order valence-electron chi connectivity index (χ0n) is 16.8. The third-order valence-corrected chi connectivity index (χ3v) is 4.54. The first-order chi connectivity index (χ1) is 13.9. The quantitative estimate of drug-likeness (QED) is 0.631. The summed E-state index contributed by atoms with van der Waals surface area (Å²) in [4.78, 5) is 23.3. The fourth-order valence-corrected chi connectivity index (χ4v) is 3.04. The summed E-state index contributed by atoms with van der Waals surface area (Å²) < 4.78 is 1.89. The summed E-state index contributed by atoms with van der Waals surface area (Å²) in [5, 5.41) is 10.2. The third-order valence-electron chi connectivity index (χ3n) is 4.54. The van der Waals surface area contributed by atoms with Gasteiger partial charge in [0, 0.05) is 36.5 Å². The molecule has 0 bridgehead atoms. The van der Waals surface area contributed by atoms with Gasteiger partial charge in [0.05, 0.1) is 11.4 Å². The number of hydrogen-bond donors (Lipinski definition) is 2. The van der Waals surface area contributed by atoms with Crippen LogP contribution in [0.4, 0.5) is 5.69 Å². The number of para-hydroxylation sites is 1. The van der Waals surface area contributed by atoms with Gasteiger partial charge < -0.3 is 10.6 Å². The molecule has 0 aliphatic rings. The van der Waals surface area contributed by atoms with Crippen LogP contribution in [0.15, 0.2) is 60.7 Å². The van der Waals surface area contributed by atoms with Gasteiger partial charge in [-0.2, -0.15) is 5.10 Å². The Morgan fingerprint density at radius 3 is 2.38 bits per heavy atom. The van der Waals surface area contributed by atoms with Crippen LogP contribution in [0.1, 0.15) is 29.4 Å². The molecule has 0 saturated heterocycles. The van der Waals surface area contributed by atoms with Crippen LogP contribution in [-0.2, 0) is 16.1 Å². The molecule has 6 heteroatoms. The first kappa shape index (κ1) is 20.1. The average molecular weight is 388 g/mol. The molecule has 0 aliphatic heterocycles. The lowest BCUT2D eigenvalue weighted by Gasteiger charge is -2.06. The molecule has 3 aromatic rings. The maximum atomic E-state index is 12.2. The Labute approximate surface area is 170 Å². The van der Waals surface area contributed by atoms with Gasteiger partial charge in [0.2, 0.25) is 11.8 Å². The second-order valence-corrected chi connectivity index (χ2v) is 6.75. The fourth-order valence-electron chi connectivity index (χ4n) is 3.04. The highest BCUT2D eigenvalue weighted by atomic mass is 16.2. The van der Waals surface area contributed by atoms with Crippen LogP contribution >= 0.6 is 0 Å². The summed E-state index contributed by atoms with van der Waals surface area (Å²) in [5.74, 6) is -0.295. The van der Waals surface area contributed by atoms with Crippen LogP contribution in [0.3, 0.4) is 0 Å². The van der Waals surface area contributed by atoms with Crippen LogP contribution in [0.25, 0.3) is 11.8 Å². The maximum Gasteiger partial charge on any atom is 0.244 e. The van der Waals surface area contributed by atoms with Crippen molar-refractivity contribution < 1.29 is 9.59 Å². The number of amides is 2. The molecule has 0 atom stereocenters. The monoisotopic (exact) mass is 388 g/mol. The number of nitrogens with zero attached hydrogens (tertiary/aromatic N) is 2. The summed E-state index contributed by atoms with van der Waals surface area (Å²) in [6.45, 7) is 5.82. The average Bonchev–Trinajstić information content (AvgIpc) is 2.99. The SMILES string of the molecule is CC(=O)Nc1ccc(/C=C/C(=O)NCc2c(C)nn(-c3ccccc3)c2C)cc1. The smallest absolute Gasteiger partial charge is 0.244 e. The largest absolute Gasteiger partial charge is 0.348 e. The molecule has 148 valence electrons. The lowest BCUT2D eigenvalue weighted by atomic mass is 10.2. The molecule has 0 fully saturated rings. The summed E-state index contributed by atoms with van der Waals surface area (Å²) >= 11 is 0. The van der Waals surface area contributed by atoms with Crippen molar-refractivity contribution in [1.29, 1.82) is 0 Å². The number of aromatic nitrogens is 2. The summed E-state index contributed by atoms with van der Waals surface area (Å²) in [5.41, 5.74) is 5.50. The van der Waals surface area contributed by atoms with Crippen LogP contribution in [-0.4, -0.2) is 21.6 Å². The molecule has 3 rings (SSSR count). The fraction of sp³-hybridized carbons (Fsp3) is 0.174. The molecule has 29 heavy (non-hydrogen) atoms. The highest BCUT2D eigenvalue weighted by Crippen LogP contribution is 2.17.